The molecule has 0 unspecified atom stereocenters. The standard InChI is InChI=1S/C21H16F3NO2S/c22-15-10-14(18(23)20(26)19(15)24)16-6-7-17(28-16)21(27)25-9-8-13(11-25)12-4-2-1-3-5-12/h1-7,10,13,26H,8-9,11H2/t13-/m0/s1. The Kier molecular flexibility index (Phi) is 4.85. The molecule has 144 valence electrons. The molecule has 0 radical (unpaired) electrons. The molecule has 1 atom stereocenters. The molecule has 7 heteroatoms. The molecule has 28 heavy (non-hydrogen) atoms. The van der Waals surface area contributed by atoms with E-state index in [1.807, 2.05) is 30.3 Å². The predicted molar refractivity (Wildman–Crippen MR) is 101 cm³/mol. The van der Waals surface area contributed by atoms with Crippen molar-refractivity contribution < 1.29 is 23.1 Å². The van der Waals surface area contributed by atoms with Gasteiger partial charge in [-0.25, -0.2) is 8.78 Å². The zero-order valence-electron chi connectivity index (χ0n) is 14.7. The zero-order chi connectivity index (χ0) is 19.8. The molecular formula is C21H16F3NO2S. The van der Waals surface area contributed by atoms with Crippen LogP contribution in [0.15, 0.2) is 48.5 Å². The van der Waals surface area contributed by atoms with E-state index in [2.05, 4.69) is 0 Å². The van der Waals surface area contributed by atoms with Crippen molar-refractivity contribution in [3.8, 4) is 16.2 Å². The number of thiophene rings is 1. The highest BCUT2D eigenvalue weighted by molar-refractivity contribution is 7.17. The third-order valence-electron chi connectivity index (χ3n) is 4.96. The van der Waals surface area contributed by atoms with Crippen LogP contribution in [0.25, 0.3) is 10.4 Å². The highest BCUT2D eigenvalue weighted by Crippen LogP contribution is 2.37. The Balaban J connectivity index is 1.55. The van der Waals surface area contributed by atoms with Crippen LogP contribution >= 0.6 is 11.3 Å². The molecule has 4 rings (SSSR count). The van der Waals surface area contributed by atoms with E-state index in [4.69, 9.17) is 0 Å². The average Bonchev–Trinajstić information content (AvgIpc) is 3.39. The van der Waals surface area contributed by atoms with E-state index < -0.39 is 23.2 Å². The first-order chi connectivity index (χ1) is 13.5. The number of halogens is 3. The molecule has 1 aliphatic rings. The van der Waals surface area contributed by atoms with Crippen molar-refractivity contribution in [3.05, 3.63) is 76.4 Å². The van der Waals surface area contributed by atoms with Gasteiger partial charge in [-0.15, -0.1) is 11.3 Å². The van der Waals surface area contributed by atoms with E-state index in [0.29, 0.717) is 24.0 Å². The van der Waals surface area contributed by atoms with Crippen molar-refractivity contribution >= 4 is 17.2 Å². The van der Waals surface area contributed by atoms with Gasteiger partial charge in [0, 0.05) is 29.4 Å². The third kappa shape index (κ3) is 3.26. The molecule has 2 aromatic carbocycles. The van der Waals surface area contributed by atoms with Crippen LogP contribution in [0.4, 0.5) is 13.2 Å². The molecule has 0 saturated carbocycles. The molecule has 1 aromatic heterocycles. The summed E-state index contributed by atoms with van der Waals surface area (Å²) in [5.74, 6) is -5.49. The minimum atomic E-state index is -1.63. The quantitative estimate of drug-likeness (QED) is 0.613. The molecule has 0 aliphatic carbocycles. The Bertz CT molecular complexity index is 1040. The summed E-state index contributed by atoms with van der Waals surface area (Å²) in [6.45, 7) is 1.21. The number of hydrogen-bond donors (Lipinski definition) is 1. The monoisotopic (exact) mass is 403 g/mol. The second-order valence-corrected chi connectivity index (χ2v) is 7.78. The van der Waals surface area contributed by atoms with E-state index in [1.165, 1.54) is 17.7 Å². The molecule has 0 spiro atoms. The van der Waals surface area contributed by atoms with Gasteiger partial charge in [-0.2, -0.15) is 4.39 Å². The lowest BCUT2D eigenvalue weighted by Gasteiger charge is -2.15. The molecular weight excluding hydrogens is 387 g/mol. The van der Waals surface area contributed by atoms with E-state index in [-0.39, 0.29) is 22.3 Å². The number of phenolic OH excluding ortho intramolecular Hbond substituents is 1. The smallest absolute Gasteiger partial charge is 0.263 e. The van der Waals surface area contributed by atoms with Crippen molar-refractivity contribution in [3.63, 3.8) is 0 Å². The molecule has 1 N–H and O–H groups in total. The van der Waals surface area contributed by atoms with Crippen LogP contribution in [0.5, 0.6) is 5.75 Å². The number of aromatic hydroxyl groups is 1. The molecule has 3 aromatic rings. The summed E-state index contributed by atoms with van der Waals surface area (Å²) < 4.78 is 41.0. The second kappa shape index (κ2) is 7.31. The van der Waals surface area contributed by atoms with Gasteiger partial charge in [-0.1, -0.05) is 30.3 Å². The Morgan fingerprint density at radius 2 is 1.82 bits per heavy atom. The minimum absolute atomic E-state index is 0.179. The number of carbonyl (C=O) groups is 1. The predicted octanol–water partition coefficient (Wildman–Crippen LogP) is 5.17. The maximum Gasteiger partial charge on any atom is 0.263 e. The minimum Gasteiger partial charge on any atom is -0.503 e. The topological polar surface area (TPSA) is 40.5 Å². The number of phenols is 1. The van der Waals surface area contributed by atoms with E-state index in [0.717, 1.165) is 17.8 Å². The first-order valence-corrected chi connectivity index (χ1v) is 9.58. The van der Waals surface area contributed by atoms with Crippen molar-refractivity contribution in [2.24, 2.45) is 0 Å². The summed E-state index contributed by atoms with van der Waals surface area (Å²) >= 11 is 0.984. The van der Waals surface area contributed by atoms with Gasteiger partial charge in [0.25, 0.3) is 5.91 Å². The van der Waals surface area contributed by atoms with Crippen molar-refractivity contribution in [2.45, 2.75) is 12.3 Å². The van der Waals surface area contributed by atoms with E-state index in [1.54, 1.807) is 4.90 Å². The van der Waals surface area contributed by atoms with E-state index in [9.17, 15) is 23.1 Å². The Labute approximate surface area is 163 Å². The maximum absolute atomic E-state index is 14.1. The lowest BCUT2D eigenvalue weighted by molar-refractivity contribution is 0.0795. The first-order valence-electron chi connectivity index (χ1n) is 8.76. The van der Waals surface area contributed by atoms with Gasteiger partial charge in [0.2, 0.25) is 5.82 Å². The van der Waals surface area contributed by atoms with Crippen LogP contribution in [0, 0.1) is 17.5 Å². The largest absolute Gasteiger partial charge is 0.503 e. The van der Waals surface area contributed by atoms with Crippen molar-refractivity contribution in [1.82, 2.24) is 4.90 Å². The zero-order valence-corrected chi connectivity index (χ0v) is 15.5. The van der Waals surface area contributed by atoms with Gasteiger partial charge < -0.3 is 10.0 Å². The number of amides is 1. The summed E-state index contributed by atoms with van der Waals surface area (Å²) in [5.41, 5.74) is 0.910. The van der Waals surface area contributed by atoms with Crippen LogP contribution in [0.1, 0.15) is 27.6 Å². The number of benzene rings is 2. The summed E-state index contributed by atoms with van der Waals surface area (Å²) in [4.78, 5) is 15.2. The molecule has 2 heterocycles. The van der Waals surface area contributed by atoms with Gasteiger partial charge in [0.05, 0.1) is 4.88 Å². The highest BCUT2D eigenvalue weighted by Gasteiger charge is 2.29. The van der Waals surface area contributed by atoms with Crippen LogP contribution in [-0.2, 0) is 0 Å². The highest BCUT2D eigenvalue weighted by atomic mass is 32.1. The van der Waals surface area contributed by atoms with Gasteiger partial charge in [0.15, 0.2) is 17.4 Å². The van der Waals surface area contributed by atoms with Crippen LogP contribution in [0.3, 0.4) is 0 Å². The van der Waals surface area contributed by atoms with Gasteiger partial charge in [-0.05, 0) is 30.2 Å². The Morgan fingerprint density at radius 1 is 1.07 bits per heavy atom. The SMILES string of the molecule is O=C(c1ccc(-c2cc(F)c(F)c(O)c2F)s1)N1CC[C@H](c2ccccc2)C1. The number of likely N-dealkylation sites (tertiary alicyclic amines) is 1. The normalized spacial score (nSPS) is 16.5. The van der Waals surface area contributed by atoms with Crippen LogP contribution in [-0.4, -0.2) is 29.0 Å². The summed E-state index contributed by atoms with van der Waals surface area (Å²) in [5, 5.41) is 9.39. The molecule has 1 saturated heterocycles. The lowest BCUT2D eigenvalue weighted by Crippen LogP contribution is -2.27. The third-order valence-corrected chi connectivity index (χ3v) is 6.07. The number of hydrogen-bond acceptors (Lipinski definition) is 3. The van der Waals surface area contributed by atoms with Crippen LogP contribution in [0.2, 0.25) is 0 Å². The second-order valence-electron chi connectivity index (χ2n) is 6.69. The fourth-order valence-corrected chi connectivity index (χ4v) is 4.45. The van der Waals surface area contributed by atoms with Crippen LogP contribution < -0.4 is 0 Å². The van der Waals surface area contributed by atoms with Crippen molar-refractivity contribution in [2.75, 3.05) is 13.1 Å². The Hall–Kier alpha value is -2.80. The summed E-state index contributed by atoms with van der Waals surface area (Å²) in [7, 11) is 0. The summed E-state index contributed by atoms with van der Waals surface area (Å²) in [6, 6.07) is 13.7. The molecule has 1 amide bonds. The first kappa shape index (κ1) is 18.6. The average molecular weight is 403 g/mol. The van der Waals surface area contributed by atoms with Gasteiger partial charge in [0.1, 0.15) is 0 Å². The number of rotatable bonds is 3. The Morgan fingerprint density at radius 3 is 2.57 bits per heavy atom. The molecule has 1 fully saturated rings. The molecule has 0 bridgehead atoms. The fourth-order valence-electron chi connectivity index (χ4n) is 3.47. The fraction of sp³-hybridized carbons (Fsp3) is 0.190. The summed E-state index contributed by atoms with van der Waals surface area (Å²) in [6.07, 6.45) is 0.861. The van der Waals surface area contributed by atoms with Gasteiger partial charge >= 0.3 is 0 Å². The number of nitrogens with zero attached hydrogens (tertiary/aromatic N) is 1. The molecule has 3 nitrogen and oxygen atoms in total. The number of carbonyl (C=O) groups excluding carboxylic acids is 1. The van der Waals surface area contributed by atoms with Crippen molar-refractivity contribution in [1.29, 1.82) is 0 Å². The van der Waals surface area contributed by atoms with Gasteiger partial charge in [-0.3, -0.25) is 4.79 Å². The lowest BCUT2D eigenvalue weighted by atomic mass is 9.99. The molecule has 1 aliphatic heterocycles. The van der Waals surface area contributed by atoms with E-state index >= 15 is 0 Å². The maximum atomic E-state index is 14.1.